The summed E-state index contributed by atoms with van der Waals surface area (Å²) in [7, 11) is 3.19. The van der Waals surface area contributed by atoms with Gasteiger partial charge in [-0.3, -0.25) is 4.79 Å². The molecule has 0 unspecified atom stereocenters. The maximum atomic E-state index is 12.5. The molecule has 0 bridgehead atoms. The SMILES string of the molecule is C=C(C)/C(=C\C(C)=C/C)c1ccc(C(=O)NCc2ccc(OC)c(OC)c2)cc1. The molecule has 0 atom stereocenters. The summed E-state index contributed by atoms with van der Waals surface area (Å²) < 4.78 is 10.5. The number of ether oxygens (including phenoxy) is 2. The van der Waals surface area contributed by atoms with Gasteiger partial charge in [0.1, 0.15) is 0 Å². The van der Waals surface area contributed by atoms with Gasteiger partial charge >= 0.3 is 0 Å². The lowest BCUT2D eigenvalue weighted by Crippen LogP contribution is -2.22. The Morgan fingerprint density at radius 1 is 1.00 bits per heavy atom. The molecule has 1 N–H and O–H groups in total. The summed E-state index contributed by atoms with van der Waals surface area (Å²) in [6, 6.07) is 13.2. The van der Waals surface area contributed by atoms with Gasteiger partial charge in [0.25, 0.3) is 5.91 Å². The highest BCUT2D eigenvalue weighted by Crippen LogP contribution is 2.27. The quantitative estimate of drug-likeness (QED) is 0.599. The van der Waals surface area contributed by atoms with E-state index in [0.29, 0.717) is 23.6 Å². The summed E-state index contributed by atoms with van der Waals surface area (Å²) in [5, 5.41) is 2.94. The van der Waals surface area contributed by atoms with Crippen LogP contribution in [0.15, 0.2) is 72.3 Å². The predicted molar refractivity (Wildman–Crippen MR) is 119 cm³/mol. The van der Waals surface area contributed by atoms with Crippen LogP contribution in [0.3, 0.4) is 0 Å². The van der Waals surface area contributed by atoms with E-state index < -0.39 is 0 Å². The molecule has 0 heterocycles. The number of hydrogen-bond donors (Lipinski definition) is 1. The van der Waals surface area contributed by atoms with E-state index in [0.717, 1.165) is 22.3 Å². The first-order valence-electron chi connectivity index (χ1n) is 9.49. The molecule has 0 radical (unpaired) electrons. The van der Waals surface area contributed by atoms with Crippen molar-refractivity contribution in [1.29, 1.82) is 0 Å². The highest BCUT2D eigenvalue weighted by atomic mass is 16.5. The number of amides is 1. The topological polar surface area (TPSA) is 47.6 Å². The standard InChI is InChI=1S/C25H29NO3/c1-7-18(4)14-22(17(2)3)20-9-11-21(12-10-20)25(27)26-16-19-8-13-23(28-5)24(15-19)29-6/h7-15H,2,16H2,1,3-6H3,(H,26,27)/b18-7-,22-14+. The van der Waals surface area contributed by atoms with Gasteiger partial charge in [0, 0.05) is 12.1 Å². The molecule has 4 heteroatoms. The van der Waals surface area contributed by atoms with Crippen LogP contribution in [0.5, 0.6) is 11.5 Å². The minimum absolute atomic E-state index is 0.128. The number of carbonyl (C=O) groups is 1. The van der Waals surface area contributed by atoms with Gasteiger partial charge in [-0.25, -0.2) is 0 Å². The highest BCUT2D eigenvalue weighted by molar-refractivity contribution is 5.94. The summed E-state index contributed by atoms with van der Waals surface area (Å²) in [5.74, 6) is 1.17. The van der Waals surface area contributed by atoms with Gasteiger partial charge in [-0.1, -0.05) is 48.1 Å². The predicted octanol–water partition coefficient (Wildman–Crippen LogP) is 5.56. The number of nitrogens with one attached hydrogen (secondary N) is 1. The lowest BCUT2D eigenvalue weighted by Gasteiger charge is -2.11. The van der Waals surface area contributed by atoms with Crippen molar-refractivity contribution in [3.63, 3.8) is 0 Å². The first-order chi connectivity index (χ1) is 13.9. The molecular weight excluding hydrogens is 362 g/mol. The second-order valence-corrected chi connectivity index (χ2v) is 6.82. The largest absolute Gasteiger partial charge is 0.493 e. The maximum absolute atomic E-state index is 12.5. The fourth-order valence-corrected chi connectivity index (χ4v) is 2.84. The van der Waals surface area contributed by atoms with Crippen molar-refractivity contribution in [3.8, 4) is 11.5 Å². The molecule has 29 heavy (non-hydrogen) atoms. The van der Waals surface area contributed by atoms with Crippen molar-refractivity contribution >= 4 is 11.5 Å². The number of allylic oxidation sites excluding steroid dienone is 5. The second-order valence-electron chi connectivity index (χ2n) is 6.82. The van der Waals surface area contributed by atoms with Crippen LogP contribution in [0, 0.1) is 0 Å². The first kappa shape index (κ1) is 22.0. The molecular formula is C25H29NO3. The van der Waals surface area contributed by atoms with Crippen LogP contribution in [0.25, 0.3) is 5.57 Å². The van der Waals surface area contributed by atoms with Gasteiger partial charge in [0.05, 0.1) is 14.2 Å². The normalized spacial score (nSPS) is 11.8. The Morgan fingerprint density at radius 2 is 1.62 bits per heavy atom. The van der Waals surface area contributed by atoms with Gasteiger partial charge in [-0.15, -0.1) is 0 Å². The third-order valence-electron chi connectivity index (χ3n) is 4.65. The summed E-state index contributed by atoms with van der Waals surface area (Å²) in [6.07, 6.45) is 4.16. The summed E-state index contributed by atoms with van der Waals surface area (Å²) in [4.78, 5) is 12.5. The van der Waals surface area contributed by atoms with Crippen molar-refractivity contribution in [2.24, 2.45) is 0 Å². The highest BCUT2D eigenvalue weighted by Gasteiger charge is 2.09. The van der Waals surface area contributed by atoms with Crippen molar-refractivity contribution < 1.29 is 14.3 Å². The number of hydrogen-bond acceptors (Lipinski definition) is 3. The lowest BCUT2D eigenvalue weighted by atomic mass is 9.96. The lowest BCUT2D eigenvalue weighted by molar-refractivity contribution is 0.0951. The number of carbonyl (C=O) groups excluding carboxylic acids is 1. The Balaban J connectivity index is 2.11. The fraction of sp³-hybridized carbons (Fsp3) is 0.240. The zero-order chi connectivity index (χ0) is 21.4. The van der Waals surface area contributed by atoms with Gasteiger partial charge in [0.15, 0.2) is 11.5 Å². The molecule has 0 aliphatic rings. The van der Waals surface area contributed by atoms with E-state index in [2.05, 4.69) is 31.0 Å². The van der Waals surface area contributed by atoms with E-state index in [-0.39, 0.29) is 5.91 Å². The second kappa shape index (κ2) is 10.3. The Morgan fingerprint density at radius 3 is 2.17 bits per heavy atom. The van der Waals surface area contributed by atoms with Crippen LogP contribution >= 0.6 is 0 Å². The van der Waals surface area contributed by atoms with Crippen LogP contribution in [0.1, 0.15) is 42.3 Å². The summed E-state index contributed by atoms with van der Waals surface area (Å²) in [5.41, 5.74) is 5.80. The summed E-state index contributed by atoms with van der Waals surface area (Å²) >= 11 is 0. The Labute approximate surface area is 173 Å². The zero-order valence-corrected chi connectivity index (χ0v) is 17.8. The monoisotopic (exact) mass is 391 g/mol. The molecule has 0 aromatic heterocycles. The maximum Gasteiger partial charge on any atom is 0.251 e. The minimum Gasteiger partial charge on any atom is -0.493 e. The average Bonchev–Trinajstić information content (AvgIpc) is 2.75. The molecule has 1 amide bonds. The smallest absolute Gasteiger partial charge is 0.251 e. The molecule has 0 saturated heterocycles. The van der Waals surface area contributed by atoms with Crippen molar-refractivity contribution in [1.82, 2.24) is 5.32 Å². The third-order valence-corrected chi connectivity index (χ3v) is 4.65. The third kappa shape index (κ3) is 5.85. The van der Waals surface area contributed by atoms with Crippen LogP contribution < -0.4 is 14.8 Å². The van der Waals surface area contributed by atoms with Crippen LogP contribution in [0.2, 0.25) is 0 Å². The first-order valence-corrected chi connectivity index (χ1v) is 9.49. The van der Waals surface area contributed by atoms with Crippen LogP contribution in [-0.2, 0) is 6.54 Å². The fourth-order valence-electron chi connectivity index (χ4n) is 2.84. The molecule has 2 aromatic rings. The number of rotatable bonds is 8. The summed E-state index contributed by atoms with van der Waals surface area (Å²) in [6.45, 7) is 10.5. The molecule has 2 aromatic carbocycles. The van der Waals surface area contributed by atoms with Crippen molar-refractivity contribution in [2.75, 3.05) is 14.2 Å². The van der Waals surface area contributed by atoms with E-state index in [1.165, 1.54) is 5.57 Å². The molecule has 152 valence electrons. The number of benzene rings is 2. The molecule has 0 fully saturated rings. The zero-order valence-electron chi connectivity index (χ0n) is 17.8. The molecule has 0 saturated carbocycles. The van der Waals surface area contributed by atoms with E-state index in [4.69, 9.17) is 9.47 Å². The Bertz CT molecular complexity index is 937. The number of methoxy groups -OCH3 is 2. The van der Waals surface area contributed by atoms with E-state index in [9.17, 15) is 4.79 Å². The van der Waals surface area contributed by atoms with Gasteiger partial charge in [-0.05, 0) is 61.7 Å². The van der Waals surface area contributed by atoms with Gasteiger partial charge < -0.3 is 14.8 Å². The van der Waals surface area contributed by atoms with Crippen molar-refractivity contribution in [2.45, 2.75) is 27.3 Å². The molecule has 0 aliphatic carbocycles. The van der Waals surface area contributed by atoms with E-state index in [1.807, 2.05) is 56.3 Å². The molecule has 4 nitrogen and oxygen atoms in total. The van der Waals surface area contributed by atoms with Crippen molar-refractivity contribution in [3.05, 3.63) is 89.0 Å². The van der Waals surface area contributed by atoms with Gasteiger partial charge in [-0.2, -0.15) is 0 Å². The molecule has 0 aliphatic heterocycles. The van der Waals surface area contributed by atoms with E-state index in [1.54, 1.807) is 14.2 Å². The Kier molecular flexibility index (Phi) is 7.84. The molecule has 2 rings (SSSR count). The average molecular weight is 392 g/mol. The van der Waals surface area contributed by atoms with Crippen LogP contribution in [0.4, 0.5) is 0 Å². The molecule has 0 spiro atoms. The van der Waals surface area contributed by atoms with Crippen LogP contribution in [-0.4, -0.2) is 20.1 Å². The Hall–Kier alpha value is -3.27. The van der Waals surface area contributed by atoms with E-state index >= 15 is 0 Å². The van der Waals surface area contributed by atoms with Gasteiger partial charge in [0.2, 0.25) is 0 Å². The minimum atomic E-state index is -0.128.